The highest BCUT2D eigenvalue weighted by molar-refractivity contribution is 5.93. The fourth-order valence-corrected chi connectivity index (χ4v) is 2.66. The Morgan fingerprint density at radius 1 is 1.33 bits per heavy atom. The number of aromatic nitrogens is 4. The van der Waals surface area contributed by atoms with E-state index in [1.807, 2.05) is 27.7 Å². The summed E-state index contributed by atoms with van der Waals surface area (Å²) in [7, 11) is 0. The molecule has 0 spiro atoms. The van der Waals surface area contributed by atoms with Gasteiger partial charge in [-0.2, -0.15) is 5.10 Å². The van der Waals surface area contributed by atoms with Crippen molar-refractivity contribution in [2.45, 2.75) is 45.6 Å². The lowest BCUT2D eigenvalue weighted by molar-refractivity contribution is -0.0269. The molecular weight excluding hydrogens is 310 g/mol. The van der Waals surface area contributed by atoms with Crippen LogP contribution in [-0.2, 0) is 4.74 Å². The average molecular weight is 333 g/mol. The topological polar surface area (TPSA) is 97.1 Å². The van der Waals surface area contributed by atoms with Gasteiger partial charge in [-0.3, -0.25) is 9.89 Å². The molecule has 0 bridgehead atoms. The smallest absolute Gasteiger partial charge is 0.276 e. The standard InChI is InChI=1S/C16H23N5O3/c1-9(2)13-12(17-8-24-13)16(22)21-5-6-23-11(7-21)15-18-14(10(3)4)19-20-15/h8-11H,5-7H2,1-4H3,(H,18,19,20)/t11-/m0/s1. The van der Waals surface area contributed by atoms with Crippen LogP contribution in [0.4, 0.5) is 0 Å². The maximum absolute atomic E-state index is 12.8. The Hall–Kier alpha value is -2.22. The second kappa shape index (κ2) is 6.72. The van der Waals surface area contributed by atoms with E-state index in [2.05, 4.69) is 20.2 Å². The third kappa shape index (κ3) is 3.19. The van der Waals surface area contributed by atoms with Crippen LogP contribution in [0.5, 0.6) is 0 Å². The van der Waals surface area contributed by atoms with Gasteiger partial charge in [-0.15, -0.1) is 0 Å². The molecule has 0 aliphatic carbocycles. The van der Waals surface area contributed by atoms with Crippen molar-refractivity contribution in [3.63, 3.8) is 0 Å². The molecule has 1 atom stereocenters. The van der Waals surface area contributed by atoms with Gasteiger partial charge in [-0.05, 0) is 0 Å². The van der Waals surface area contributed by atoms with Gasteiger partial charge in [0.15, 0.2) is 23.7 Å². The van der Waals surface area contributed by atoms with Crippen molar-refractivity contribution >= 4 is 5.91 Å². The van der Waals surface area contributed by atoms with Gasteiger partial charge in [0.05, 0.1) is 13.2 Å². The Morgan fingerprint density at radius 2 is 2.12 bits per heavy atom. The summed E-state index contributed by atoms with van der Waals surface area (Å²) in [6.45, 7) is 9.39. The Bertz CT molecular complexity index is 706. The second-order valence-corrected chi connectivity index (χ2v) is 6.56. The molecule has 2 aromatic heterocycles. The molecule has 1 saturated heterocycles. The maximum atomic E-state index is 12.8. The van der Waals surface area contributed by atoms with E-state index in [9.17, 15) is 4.79 Å². The molecule has 0 unspecified atom stereocenters. The number of ether oxygens (including phenoxy) is 1. The largest absolute Gasteiger partial charge is 0.447 e. The van der Waals surface area contributed by atoms with Crippen LogP contribution in [0.15, 0.2) is 10.8 Å². The van der Waals surface area contributed by atoms with Crippen LogP contribution in [0.1, 0.15) is 73.5 Å². The zero-order valence-electron chi connectivity index (χ0n) is 14.4. The Balaban J connectivity index is 1.75. The number of carbonyl (C=O) groups excluding carboxylic acids is 1. The molecule has 1 amide bonds. The summed E-state index contributed by atoms with van der Waals surface area (Å²) in [5, 5.41) is 7.12. The van der Waals surface area contributed by atoms with Crippen molar-refractivity contribution in [1.82, 2.24) is 25.1 Å². The van der Waals surface area contributed by atoms with Gasteiger partial charge in [0, 0.05) is 18.4 Å². The number of hydrogen-bond acceptors (Lipinski definition) is 6. The van der Waals surface area contributed by atoms with E-state index in [1.54, 1.807) is 4.90 Å². The first kappa shape index (κ1) is 16.6. The van der Waals surface area contributed by atoms with Crippen molar-refractivity contribution in [1.29, 1.82) is 0 Å². The van der Waals surface area contributed by atoms with Gasteiger partial charge in [-0.1, -0.05) is 27.7 Å². The minimum atomic E-state index is -0.308. The quantitative estimate of drug-likeness (QED) is 0.921. The Kier molecular flexibility index (Phi) is 4.66. The number of carbonyl (C=O) groups is 1. The first-order valence-electron chi connectivity index (χ1n) is 8.23. The highest BCUT2D eigenvalue weighted by atomic mass is 16.5. The third-order valence-electron chi connectivity index (χ3n) is 4.02. The molecule has 8 nitrogen and oxygen atoms in total. The van der Waals surface area contributed by atoms with E-state index in [0.717, 1.165) is 5.82 Å². The molecule has 1 aliphatic rings. The van der Waals surface area contributed by atoms with E-state index < -0.39 is 0 Å². The molecular formula is C16H23N5O3. The van der Waals surface area contributed by atoms with Gasteiger partial charge >= 0.3 is 0 Å². The lowest BCUT2D eigenvalue weighted by Gasteiger charge is -2.31. The van der Waals surface area contributed by atoms with E-state index in [4.69, 9.17) is 9.15 Å². The van der Waals surface area contributed by atoms with Crippen LogP contribution in [-0.4, -0.2) is 50.7 Å². The van der Waals surface area contributed by atoms with Crippen molar-refractivity contribution in [3.05, 3.63) is 29.5 Å². The molecule has 24 heavy (non-hydrogen) atoms. The number of rotatable bonds is 4. The SMILES string of the molecule is CC(C)c1n[nH]c([C@@H]2CN(C(=O)c3ncoc3C(C)C)CCO2)n1. The zero-order valence-corrected chi connectivity index (χ0v) is 14.4. The minimum Gasteiger partial charge on any atom is -0.447 e. The van der Waals surface area contributed by atoms with E-state index in [-0.39, 0.29) is 23.8 Å². The molecule has 1 fully saturated rings. The average Bonchev–Trinajstić information content (AvgIpc) is 3.23. The Labute approximate surface area is 140 Å². The molecule has 1 N–H and O–H groups in total. The van der Waals surface area contributed by atoms with Gasteiger partial charge in [0.2, 0.25) is 0 Å². The monoisotopic (exact) mass is 333 g/mol. The zero-order chi connectivity index (χ0) is 17.3. The fraction of sp³-hybridized carbons (Fsp3) is 0.625. The van der Waals surface area contributed by atoms with E-state index in [0.29, 0.717) is 37.0 Å². The van der Waals surface area contributed by atoms with Crippen LogP contribution < -0.4 is 0 Å². The normalized spacial score (nSPS) is 18.6. The molecule has 0 radical (unpaired) electrons. The van der Waals surface area contributed by atoms with Crippen molar-refractivity contribution in [2.24, 2.45) is 0 Å². The number of morpholine rings is 1. The number of nitrogens with one attached hydrogen (secondary N) is 1. The van der Waals surface area contributed by atoms with Gasteiger partial charge in [0.1, 0.15) is 11.9 Å². The second-order valence-electron chi connectivity index (χ2n) is 6.56. The first-order valence-corrected chi connectivity index (χ1v) is 8.23. The molecule has 0 aromatic carbocycles. The number of hydrogen-bond donors (Lipinski definition) is 1. The predicted octanol–water partition coefficient (Wildman–Crippen LogP) is 2.25. The summed E-state index contributed by atoms with van der Waals surface area (Å²) in [6.07, 6.45) is 1.02. The summed E-state index contributed by atoms with van der Waals surface area (Å²) in [6, 6.07) is 0. The summed E-state index contributed by atoms with van der Waals surface area (Å²) < 4.78 is 11.1. The molecule has 2 aromatic rings. The van der Waals surface area contributed by atoms with Crippen LogP contribution in [0, 0.1) is 0 Å². The highest BCUT2D eigenvalue weighted by Crippen LogP contribution is 2.24. The third-order valence-corrected chi connectivity index (χ3v) is 4.02. The fourth-order valence-electron chi connectivity index (χ4n) is 2.66. The van der Waals surface area contributed by atoms with Gasteiger partial charge in [-0.25, -0.2) is 9.97 Å². The number of H-pyrrole nitrogens is 1. The van der Waals surface area contributed by atoms with Gasteiger partial charge < -0.3 is 14.1 Å². The number of oxazole rings is 1. The van der Waals surface area contributed by atoms with Crippen molar-refractivity contribution < 1.29 is 13.9 Å². The summed E-state index contributed by atoms with van der Waals surface area (Å²) in [5.41, 5.74) is 0.381. The Morgan fingerprint density at radius 3 is 2.79 bits per heavy atom. The predicted molar refractivity (Wildman–Crippen MR) is 85.7 cm³/mol. The van der Waals surface area contributed by atoms with Gasteiger partial charge in [0.25, 0.3) is 5.91 Å². The minimum absolute atomic E-state index is 0.103. The maximum Gasteiger partial charge on any atom is 0.276 e. The number of aromatic amines is 1. The molecule has 3 rings (SSSR count). The highest BCUT2D eigenvalue weighted by Gasteiger charge is 2.31. The lowest BCUT2D eigenvalue weighted by atomic mass is 10.1. The molecule has 3 heterocycles. The molecule has 130 valence electrons. The first-order chi connectivity index (χ1) is 11.5. The lowest BCUT2D eigenvalue weighted by Crippen LogP contribution is -2.43. The van der Waals surface area contributed by atoms with Crippen LogP contribution in [0.3, 0.4) is 0 Å². The number of amides is 1. The van der Waals surface area contributed by atoms with Crippen LogP contribution >= 0.6 is 0 Å². The van der Waals surface area contributed by atoms with E-state index >= 15 is 0 Å². The molecule has 1 aliphatic heterocycles. The number of nitrogens with zero attached hydrogens (tertiary/aromatic N) is 4. The summed E-state index contributed by atoms with van der Waals surface area (Å²) in [5.74, 6) is 2.22. The molecule has 8 heteroatoms. The summed E-state index contributed by atoms with van der Waals surface area (Å²) >= 11 is 0. The van der Waals surface area contributed by atoms with Crippen molar-refractivity contribution in [3.8, 4) is 0 Å². The summed E-state index contributed by atoms with van der Waals surface area (Å²) in [4.78, 5) is 23.1. The van der Waals surface area contributed by atoms with Crippen LogP contribution in [0.2, 0.25) is 0 Å². The van der Waals surface area contributed by atoms with Crippen LogP contribution in [0.25, 0.3) is 0 Å². The van der Waals surface area contributed by atoms with Crippen molar-refractivity contribution in [2.75, 3.05) is 19.7 Å². The van der Waals surface area contributed by atoms with E-state index in [1.165, 1.54) is 6.39 Å². The molecule has 0 saturated carbocycles.